The van der Waals surface area contributed by atoms with Crippen LogP contribution < -0.4 is 4.74 Å². The van der Waals surface area contributed by atoms with Gasteiger partial charge in [0.2, 0.25) is 0 Å². The number of aromatic nitrogens is 1. The Hall–Kier alpha value is -1.13. The molecular formula is C12H15NO2S. The minimum atomic E-state index is 0.265. The molecule has 0 aliphatic carbocycles. The van der Waals surface area contributed by atoms with Crippen molar-refractivity contribution in [1.82, 2.24) is 4.98 Å². The minimum Gasteiger partial charge on any atom is -0.470 e. The fourth-order valence-electron chi connectivity index (χ4n) is 1.46. The van der Waals surface area contributed by atoms with Gasteiger partial charge in [-0.3, -0.25) is 0 Å². The van der Waals surface area contributed by atoms with Crippen molar-refractivity contribution in [1.29, 1.82) is 0 Å². The summed E-state index contributed by atoms with van der Waals surface area (Å²) in [6.07, 6.45) is 2.82. The maximum Gasteiger partial charge on any atom is 0.274 e. The Kier molecular flexibility index (Phi) is 4.13. The third-order valence-electron chi connectivity index (χ3n) is 2.30. The number of fused-ring (bicyclic) bond motifs is 1. The van der Waals surface area contributed by atoms with E-state index in [-0.39, 0.29) is 6.61 Å². The lowest BCUT2D eigenvalue weighted by molar-refractivity contribution is 0.266. The maximum atomic E-state index is 8.63. The molecule has 0 amide bonds. The van der Waals surface area contributed by atoms with Crippen LogP contribution in [0.25, 0.3) is 10.2 Å². The molecule has 1 aromatic carbocycles. The van der Waals surface area contributed by atoms with Gasteiger partial charge in [0.25, 0.3) is 5.19 Å². The molecule has 0 spiro atoms. The predicted molar refractivity (Wildman–Crippen MR) is 66.1 cm³/mol. The molecule has 16 heavy (non-hydrogen) atoms. The van der Waals surface area contributed by atoms with Crippen LogP contribution in [0.4, 0.5) is 0 Å². The first-order chi connectivity index (χ1) is 7.90. The lowest BCUT2D eigenvalue weighted by Crippen LogP contribution is -1.97. The normalized spacial score (nSPS) is 10.8. The summed E-state index contributed by atoms with van der Waals surface area (Å²) in [4.78, 5) is 4.38. The van der Waals surface area contributed by atoms with Crippen molar-refractivity contribution in [2.45, 2.75) is 19.3 Å². The van der Waals surface area contributed by atoms with E-state index in [1.807, 2.05) is 24.3 Å². The molecule has 0 saturated heterocycles. The van der Waals surface area contributed by atoms with E-state index in [0.29, 0.717) is 6.61 Å². The van der Waals surface area contributed by atoms with E-state index in [0.717, 1.165) is 34.7 Å². The Labute approximate surface area is 98.7 Å². The Morgan fingerprint density at radius 2 is 2.06 bits per heavy atom. The Morgan fingerprint density at radius 1 is 1.19 bits per heavy atom. The second kappa shape index (κ2) is 5.82. The molecule has 1 aromatic heterocycles. The maximum absolute atomic E-state index is 8.63. The molecule has 2 rings (SSSR count). The first kappa shape index (κ1) is 11.4. The molecule has 0 fully saturated rings. The van der Waals surface area contributed by atoms with Crippen molar-refractivity contribution in [3.8, 4) is 5.19 Å². The van der Waals surface area contributed by atoms with Crippen LogP contribution in [-0.4, -0.2) is 23.3 Å². The predicted octanol–water partition coefficient (Wildman–Crippen LogP) is 2.84. The van der Waals surface area contributed by atoms with Gasteiger partial charge in [-0.25, -0.2) is 4.98 Å². The van der Waals surface area contributed by atoms with Gasteiger partial charge in [0.15, 0.2) is 0 Å². The highest BCUT2D eigenvalue weighted by molar-refractivity contribution is 7.20. The molecule has 0 saturated carbocycles. The van der Waals surface area contributed by atoms with Crippen molar-refractivity contribution in [3.05, 3.63) is 24.3 Å². The van der Waals surface area contributed by atoms with Gasteiger partial charge in [-0.15, -0.1) is 0 Å². The van der Waals surface area contributed by atoms with Crippen molar-refractivity contribution in [2.24, 2.45) is 0 Å². The van der Waals surface area contributed by atoms with E-state index in [9.17, 15) is 0 Å². The van der Waals surface area contributed by atoms with Crippen LogP contribution >= 0.6 is 11.3 Å². The van der Waals surface area contributed by atoms with Gasteiger partial charge in [0.05, 0.1) is 16.8 Å². The summed E-state index contributed by atoms with van der Waals surface area (Å²) in [7, 11) is 0. The summed E-state index contributed by atoms with van der Waals surface area (Å²) in [6, 6.07) is 8.02. The first-order valence-corrected chi connectivity index (χ1v) is 6.31. The van der Waals surface area contributed by atoms with Crippen LogP contribution in [0.5, 0.6) is 5.19 Å². The summed E-state index contributed by atoms with van der Waals surface area (Å²) >= 11 is 1.58. The first-order valence-electron chi connectivity index (χ1n) is 5.49. The van der Waals surface area contributed by atoms with Gasteiger partial charge in [0, 0.05) is 6.61 Å². The van der Waals surface area contributed by atoms with Crippen LogP contribution in [0.3, 0.4) is 0 Å². The number of thiazole rings is 1. The molecule has 0 aliphatic rings. The average Bonchev–Trinajstić information content (AvgIpc) is 2.71. The number of nitrogens with zero attached hydrogens (tertiary/aromatic N) is 1. The third kappa shape index (κ3) is 2.93. The van der Waals surface area contributed by atoms with Gasteiger partial charge in [0.1, 0.15) is 0 Å². The fourth-order valence-corrected chi connectivity index (χ4v) is 2.30. The van der Waals surface area contributed by atoms with E-state index in [2.05, 4.69) is 4.98 Å². The zero-order valence-electron chi connectivity index (χ0n) is 9.06. The molecular weight excluding hydrogens is 222 g/mol. The largest absolute Gasteiger partial charge is 0.470 e. The molecule has 0 radical (unpaired) electrons. The smallest absolute Gasteiger partial charge is 0.274 e. The molecule has 0 atom stereocenters. The highest BCUT2D eigenvalue weighted by atomic mass is 32.1. The number of hydrogen-bond acceptors (Lipinski definition) is 4. The fraction of sp³-hybridized carbons (Fsp3) is 0.417. The summed E-state index contributed by atoms with van der Waals surface area (Å²) in [5, 5.41) is 9.37. The lowest BCUT2D eigenvalue weighted by Gasteiger charge is -2.00. The second-order valence-electron chi connectivity index (χ2n) is 3.58. The van der Waals surface area contributed by atoms with Crippen LogP contribution in [0.2, 0.25) is 0 Å². The molecule has 0 aliphatic heterocycles. The summed E-state index contributed by atoms with van der Waals surface area (Å²) < 4.78 is 6.72. The quantitative estimate of drug-likeness (QED) is 0.785. The number of unbranched alkanes of at least 4 members (excludes halogenated alkanes) is 2. The van der Waals surface area contributed by atoms with Gasteiger partial charge in [-0.2, -0.15) is 0 Å². The van der Waals surface area contributed by atoms with E-state index >= 15 is 0 Å². The number of rotatable bonds is 6. The Balaban J connectivity index is 1.85. The van der Waals surface area contributed by atoms with E-state index in [1.54, 1.807) is 11.3 Å². The van der Waals surface area contributed by atoms with Gasteiger partial charge < -0.3 is 9.84 Å². The summed E-state index contributed by atoms with van der Waals surface area (Å²) in [5.41, 5.74) is 0.998. The van der Waals surface area contributed by atoms with Gasteiger partial charge in [-0.05, 0) is 31.4 Å². The topological polar surface area (TPSA) is 42.4 Å². The average molecular weight is 237 g/mol. The number of benzene rings is 1. The zero-order chi connectivity index (χ0) is 11.2. The van der Waals surface area contributed by atoms with Crippen LogP contribution in [0.1, 0.15) is 19.3 Å². The van der Waals surface area contributed by atoms with Crippen molar-refractivity contribution in [3.63, 3.8) is 0 Å². The number of hydrogen-bond donors (Lipinski definition) is 1. The van der Waals surface area contributed by atoms with Gasteiger partial charge >= 0.3 is 0 Å². The van der Waals surface area contributed by atoms with Crippen LogP contribution in [0.15, 0.2) is 24.3 Å². The van der Waals surface area contributed by atoms with Crippen molar-refractivity contribution < 1.29 is 9.84 Å². The summed E-state index contributed by atoms with van der Waals surface area (Å²) in [6.45, 7) is 0.945. The van der Waals surface area contributed by atoms with Gasteiger partial charge in [-0.1, -0.05) is 23.5 Å². The molecule has 1 N–H and O–H groups in total. The highest BCUT2D eigenvalue weighted by Gasteiger charge is 2.02. The minimum absolute atomic E-state index is 0.265. The summed E-state index contributed by atoms with van der Waals surface area (Å²) in [5.74, 6) is 0. The molecule has 0 bridgehead atoms. The Morgan fingerprint density at radius 3 is 2.88 bits per heavy atom. The number of para-hydroxylation sites is 1. The standard InChI is InChI=1S/C12H15NO2S/c14-8-4-1-5-9-15-12-13-10-6-2-3-7-11(10)16-12/h2-3,6-7,14H,1,4-5,8-9H2. The molecule has 0 unspecified atom stereocenters. The van der Waals surface area contributed by atoms with Crippen molar-refractivity contribution in [2.75, 3.05) is 13.2 Å². The molecule has 2 aromatic rings. The van der Waals surface area contributed by atoms with E-state index in [4.69, 9.17) is 9.84 Å². The van der Waals surface area contributed by atoms with E-state index in [1.165, 1.54) is 0 Å². The zero-order valence-corrected chi connectivity index (χ0v) is 9.87. The van der Waals surface area contributed by atoms with Crippen LogP contribution in [-0.2, 0) is 0 Å². The molecule has 4 heteroatoms. The number of ether oxygens (including phenoxy) is 1. The number of aliphatic hydroxyl groups excluding tert-OH is 1. The SMILES string of the molecule is OCCCCCOc1nc2ccccc2s1. The second-order valence-corrected chi connectivity index (χ2v) is 4.57. The molecule has 86 valence electrons. The molecule has 1 heterocycles. The monoisotopic (exact) mass is 237 g/mol. The lowest BCUT2D eigenvalue weighted by atomic mass is 10.2. The Bertz CT molecular complexity index is 408. The van der Waals surface area contributed by atoms with Crippen LogP contribution in [0, 0.1) is 0 Å². The third-order valence-corrected chi connectivity index (χ3v) is 3.25. The van der Waals surface area contributed by atoms with E-state index < -0.39 is 0 Å². The highest BCUT2D eigenvalue weighted by Crippen LogP contribution is 2.27. The number of aliphatic hydroxyl groups is 1. The molecule has 3 nitrogen and oxygen atoms in total. The van der Waals surface area contributed by atoms with Crippen molar-refractivity contribution >= 4 is 21.6 Å².